The normalized spacial score (nSPS) is 12.3. The summed E-state index contributed by atoms with van der Waals surface area (Å²) in [5, 5.41) is 12.4. The van der Waals surface area contributed by atoms with Crippen LogP contribution in [0.1, 0.15) is 22.8 Å². The van der Waals surface area contributed by atoms with Crippen molar-refractivity contribution in [3.63, 3.8) is 0 Å². The van der Waals surface area contributed by atoms with E-state index in [1.54, 1.807) is 24.7 Å². The maximum Gasteiger partial charge on any atom is 0.336 e. The zero-order valence-electron chi connectivity index (χ0n) is 10.8. The average molecular weight is 259 g/mol. The summed E-state index contributed by atoms with van der Waals surface area (Å²) in [4.78, 5) is 15.1. The predicted molar refractivity (Wildman–Crippen MR) is 71.9 cm³/mol. The molecule has 1 atom stereocenters. The standard InChI is InChI=1S/C14H17N3O2/c1-11(9-17-7-6-15-10-17)16-8-12-4-2-3-5-13(12)14(18)19/h2-7,10-11,16H,8-9H2,1H3,(H,18,19). The van der Waals surface area contributed by atoms with Crippen molar-refractivity contribution in [2.24, 2.45) is 0 Å². The van der Waals surface area contributed by atoms with Gasteiger partial charge < -0.3 is 15.0 Å². The second kappa shape index (κ2) is 6.15. The van der Waals surface area contributed by atoms with E-state index in [4.69, 9.17) is 5.11 Å². The van der Waals surface area contributed by atoms with Gasteiger partial charge in [-0.2, -0.15) is 0 Å². The number of nitrogens with zero attached hydrogens (tertiary/aromatic N) is 2. The van der Waals surface area contributed by atoms with Crippen LogP contribution in [0.5, 0.6) is 0 Å². The summed E-state index contributed by atoms with van der Waals surface area (Å²) in [7, 11) is 0. The number of hydrogen-bond donors (Lipinski definition) is 2. The van der Waals surface area contributed by atoms with Gasteiger partial charge in [0.1, 0.15) is 0 Å². The van der Waals surface area contributed by atoms with E-state index < -0.39 is 5.97 Å². The van der Waals surface area contributed by atoms with Crippen molar-refractivity contribution in [3.8, 4) is 0 Å². The van der Waals surface area contributed by atoms with Crippen molar-refractivity contribution < 1.29 is 9.90 Å². The molecule has 0 fully saturated rings. The van der Waals surface area contributed by atoms with Gasteiger partial charge in [-0.05, 0) is 18.6 Å². The average Bonchev–Trinajstić information content (AvgIpc) is 2.89. The minimum atomic E-state index is -0.889. The van der Waals surface area contributed by atoms with Gasteiger partial charge in [0.2, 0.25) is 0 Å². The van der Waals surface area contributed by atoms with Crippen molar-refractivity contribution in [3.05, 3.63) is 54.1 Å². The number of benzene rings is 1. The maximum absolute atomic E-state index is 11.1. The Morgan fingerprint density at radius 1 is 1.47 bits per heavy atom. The third-order valence-electron chi connectivity index (χ3n) is 2.93. The van der Waals surface area contributed by atoms with Crippen LogP contribution in [-0.2, 0) is 13.1 Å². The SMILES string of the molecule is CC(Cn1ccnc1)NCc1ccccc1C(=O)O. The van der Waals surface area contributed by atoms with E-state index in [2.05, 4.69) is 17.2 Å². The third kappa shape index (κ3) is 3.66. The summed E-state index contributed by atoms with van der Waals surface area (Å²) in [6, 6.07) is 7.28. The van der Waals surface area contributed by atoms with E-state index in [0.29, 0.717) is 12.1 Å². The Morgan fingerprint density at radius 2 is 2.26 bits per heavy atom. The van der Waals surface area contributed by atoms with Crippen LogP contribution in [0.25, 0.3) is 0 Å². The van der Waals surface area contributed by atoms with Crippen LogP contribution in [0.2, 0.25) is 0 Å². The number of aromatic carboxylic acids is 1. The molecule has 1 aromatic heterocycles. The molecule has 1 heterocycles. The molecule has 0 spiro atoms. The molecule has 0 bridgehead atoms. The van der Waals surface area contributed by atoms with Crippen LogP contribution in [0, 0.1) is 0 Å². The summed E-state index contributed by atoms with van der Waals surface area (Å²) in [6.45, 7) is 3.40. The number of rotatable bonds is 6. The van der Waals surface area contributed by atoms with Crippen molar-refractivity contribution in [2.75, 3.05) is 0 Å². The Kier molecular flexibility index (Phi) is 4.30. The molecule has 100 valence electrons. The number of carboxylic acids is 1. The lowest BCUT2D eigenvalue weighted by Gasteiger charge is -2.15. The molecule has 2 N–H and O–H groups in total. The molecule has 0 saturated carbocycles. The monoisotopic (exact) mass is 259 g/mol. The van der Waals surface area contributed by atoms with E-state index >= 15 is 0 Å². The van der Waals surface area contributed by atoms with E-state index in [0.717, 1.165) is 12.1 Å². The number of hydrogen-bond acceptors (Lipinski definition) is 3. The molecule has 2 aromatic rings. The fraction of sp³-hybridized carbons (Fsp3) is 0.286. The van der Waals surface area contributed by atoms with Gasteiger partial charge in [0, 0.05) is 31.5 Å². The van der Waals surface area contributed by atoms with Crippen molar-refractivity contribution in [2.45, 2.75) is 26.1 Å². The van der Waals surface area contributed by atoms with Crippen molar-refractivity contribution in [1.82, 2.24) is 14.9 Å². The van der Waals surface area contributed by atoms with Crippen molar-refractivity contribution in [1.29, 1.82) is 0 Å². The molecular weight excluding hydrogens is 242 g/mol. The lowest BCUT2D eigenvalue weighted by atomic mass is 10.1. The molecule has 0 aliphatic heterocycles. The topological polar surface area (TPSA) is 67.2 Å². The minimum absolute atomic E-state index is 0.232. The summed E-state index contributed by atoms with van der Waals surface area (Å²) in [5.41, 5.74) is 1.15. The molecule has 0 saturated heterocycles. The fourth-order valence-electron chi connectivity index (χ4n) is 1.94. The number of carbonyl (C=O) groups is 1. The predicted octanol–water partition coefficient (Wildman–Crippen LogP) is 1.76. The highest BCUT2D eigenvalue weighted by molar-refractivity contribution is 5.89. The molecule has 2 rings (SSSR count). The summed E-state index contributed by atoms with van der Waals surface area (Å²) in [5.74, 6) is -0.889. The molecule has 0 aliphatic carbocycles. The lowest BCUT2D eigenvalue weighted by Crippen LogP contribution is -2.30. The third-order valence-corrected chi connectivity index (χ3v) is 2.93. The first kappa shape index (κ1) is 13.3. The van der Waals surface area contributed by atoms with E-state index in [9.17, 15) is 4.79 Å². The zero-order chi connectivity index (χ0) is 13.7. The quantitative estimate of drug-likeness (QED) is 0.829. The van der Waals surface area contributed by atoms with E-state index in [-0.39, 0.29) is 6.04 Å². The number of imidazole rings is 1. The van der Waals surface area contributed by atoms with Gasteiger partial charge in [-0.3, -0.25) is 0 Å². The van der Waals surface area contributed by atoms with Gasteiger partial charge in [0.05, 0.1) is 11.9 Å². The summed E-state index contributed by atoms with van der Waals surface area (Å²) >= 11 is 0. The van der Waals surface area contributed by atoms with Gasteiger partial charge in [-0.1, -0.05) is 18.2 Å². The van der Waals surface area contributed by atoms with Crippen molar-refractivity contribution >= 4 is 5.97 Å². The van der Waals surface area contributed by atoms with E-state index in [1.165, 1.54) is 0 Å². The molecule has 5 nitrogen and oxygen atoms in total. The summed E-state index contributed by atoms with van der Waals surface area (Å²) < 4.78 is 1.99. The highest BCUT2D eigenvalue weighted by Gasteiger charge is 2.09. The largest absolute Gasteiger partial charge is 0.478 e. The van der Waals surface area contributed by atoms with E-state index in [1.807, 2.05) is 22.9 Å². The molecule has 0 amide bonds. The van der Waals surface area contributed by atoms with Crippen LogP contribution in [0.4, 0.5) is 0 Å². The number of carboxylic acid groups (broad SMARTS) is 1. The molecule has 0 aliphatic rings. The fourth-order valence-corrected chi connectivity index (χ4v) is 1.94. The molecule has 1 aromatic carbocycles. The Bertz CT molecular complexity index is 537. The summed E-state index contributed by atoms with van der Waals surface area (Å²) in [6.07, 6.45) is 5.42. The zero-order valence-corrected chi connectivity index (χ0v) is 10.8. The highest BCUT2D eigenvalue weighted by atomic mass is 16.4. The Labute approximate surface area is 111 Å². The molecule has 5 heteroatoms. The van der Waals surface area contributed by atoms with Gasteiger partial charge in [-0.15, -0.1) is 0 Å². The highest BCUT2D eigenvalue weighted by Crippen LogP contribution is 2.08. The van der Waals surface area contributed by atoms with Crippen LogP contribution >= 0.6 is 0 Å². The molecule has 19 heavy (non-hydrogen) atoms. The van der Waals surface area contributed by atoms with Gasteiger partial charge >= 0.3 is 5.97 Å². The Hall–Kier alpha value is -2.14. The first-order valence-electron chi connectivity index (χ1n) is 6.17. The Balaban J connectivity index is 1.93. The van der Waals surface area contributed by atoms with Crippen LogP contribution in [-0.4, -0.2) is 26.7 Å². The Morgan fingerprint density at radius 3 is 2.95 bits per heavy atom. The minimum Gasteiger partial charge on any atom is -0.478 e. The van der Waals surface area contributed by atoms with Crippen LogP contribution in [0.15, 0.2) is 43.0 Å². The number of nitrogens with one attached hydrogen (secondary N) is 1. The molecule has 0 radical (unpaired) electrons. The first-order valence-corrected chi connectivity index (χ1v) is 6.17. The first-order chi connectivity index (χ1) is 9.16. The second-order valence-corrected chi connectivity index (χ2v) is 4.50. The smallest absolute Gasteiger partial charge is 0.336 e. The van der Waals surface area contributed by atoms with Gasteiger partial charge in [0.15, 0.2) is 0 Å². The number of aromatic nitrogens is 2. The molecule has 1 unspecified atom stereocenters. The van der Waals surface area contributed by atoms with Crippen LogP contribution < -0.4 is 5.32 Å². The second-order valence-electron chi connectivity index (χ2n) is 4.50. The lowest BCUT2D eigenvalue weighted by molar-refractivity contribution is 0.0695. The van der Waals surface area contributed by atoms with Gasteiger partial charge in [-0.25, -0.2) is 9.78 Å². The maximum atomic E-state index is 11.1. The van der Waals surface area contributed by atoms with Crippen LogP contribution in [0.3, 0.4) is 0 Å². The van der Waals surface area contributed by atoms with Gasteiger partial charge in [0.25, 0.3) is 0 Å². The molecular formula is C14H17N3O2.